The van der Waals surface area contributed by atoms with Gasteiger partial charge in [0.25, 0.3) is 0 Å². The van der Waals surface area contributed by atoms with Crippen LogP contribution in [0.15, 0.2) is 229 Å². The van der Waals surface area contributed by atoms with Gasteiger partial charge >= 0.3 is 0 Å². The molecule has 2 heteroatoms. The molecule has 0 bridgehead atoms. The van der Waals surface area contributed by atoms with Crippen LogP contribution in [-0.2, 0) is 5.41 Å². The Morgan fingerprint density at radius 2 is 0.892 bits per heavy atom. The Kier molecular flexibility index (Phi) is 8.29. The fraction of sp³-hybridized carbons (Fsp3) is 0.0476. The van der Waals surface area contributed by atoms with Crippen molar-refractivity contribution in [2.75, 3.05) is 4.90 Å². The summed E-state index contributed by atoms with van der Waals surface area (Å²) in [4.78, 5) is 2.40. The van der Waals surface area contributed by atoms with Crippen LogP contribution in [0.2, 0.25) is 0 Å². The van der Waals surface area contributed by atoms with Gasteiger partial charge in [-0.3, -0.25) is 0 Å². The summed E-state index contributed by atoms with van der Waals surface area (Å²) in [6.07, 6.45) is 0. The predicted molar refractivity (Wildman–Crippen MR) is 275 cm³/mol. The molecular formula is C63H43NO. The van der Waals surface area contributed by atoms with Crippen molar-refractivity contribution in [1.82, 2.24) is 0 Å². The third kappa shape index (κ3) is 5.88. The Morgan fingerprint density at radius 3 is 1.66 bits per heavy atom. The summed E-state index contributed by atoms with van der Waals surface area (Å²) in [6.45, 7) is 4.71. The topological polar surface area (TPSA) is 16.4 Å². The van der Waals surface area contributed by atoms with Gasteiger partial charge < -0.3 is 9.32 Å². The lowest BCUT2D eigenvalue weighted by molar-refractivity contribution is 0.660. The number of hydrogen-bond acceptors (Lipinski definition) is 2. The van der Waals surface area contributed by atoms with Crippen molar-refractivity contribution in [3.63, 3.8) is 0 Å². The summed E-state index contributed by atoms with van der Waals surface area (Å²) in [6, 6.07) is 82.1. The van der Waals surface area contributed by atoms with Crippen LogP contribution in [0.5, 0.6) is 0 Å². The first-order chi connectivity index (χ1) is 32.0. The van der Waals surface area contributed by atoms with Gasteiger partial charge in [0.1, 0.15) is 11.2 Å². The molecule has 1 aliphatic carbocycles. The third-order valence-corrected chi connectivity index (χ3v) is 14.0. The molecule has 0 aliphatic heterocycles. The van der Waals surface area contributed by atoms with Crippen LogP contribution in [0.4, 0.5) is 17.1 Å². The maximum absolute atomic E-state index is 6.98. The van der Waals surface area contributed by atoms with E-state index in [0.717, 1.165) is 55.5 Å². The van der Waals surface area contributed by atoms with Gasteiger partial charge in [0.15, 0.2) is 0 Å². The summed E-state index contributed by atoms with van der Waals surface area (Å²) in [5.74, 6) is 0. The van der Waals surface area contributed by atoms with E-state index in [1.54, 1.807) is 0 Å². The molecule has 1 heterocycles. The van der Waals surface area contributed by atoms with E-state index < -0.39 is 0 Å². The Morgan fingerprint density at radius 1 is 0.338 bits per heavy atom. The second kappa shape index (κ2) is 14.4. The summed E-state index contributed by atoms with van der Waals surface area (Å²) in [5, 5.41) is 9.50. The van der Waals surface area contributed by atoms with E-state index in [1.807, 2.05) is 0 Å². The van der Waals surface area contributed by atoms with Crippen LogP contribution in [0, 0.1) is 0 Å². The molecule has 0 N–H and O–H groups in total. The van der Waals surface area contributed by atoms with E-state index in [2.05, 4.69) is 243 Å². The van der Waals surface area contributed by atoms with E-state index in [-0.39, 0.29) is 5.41 Å². The maximum Gasteiger partial charge on any atom is 0.143 e. The Balaban J connectivity index is 0.994. The standard InChI is InChI=1S/C63H43NO/c1-63(2)58-23-13-12-20-51(58)52-35-34-48(37-59(52)63)64(46-30-26-42(27-31-46)40-14-4-3-5-15-40)47-32-28-43(29-33-47)56-39-60-57(38-55(56)45-25-24-41-16-6-7-17-44(41)36-45)61-53-21-10-8-18-49(53)50-19-9-11-22-54(50)62(61)65-60/h3-39H,1-2H3. The molecule has 65 heavy (non-hydrogen) atoms. The van der Waals surface area contributed by atoms with Gasteiger partial charge in [0.2, 0.25) is 0 Å². The number of benzene rings is 11. The molecule has 0 saturated carbocycles. The predicted octanol–water partition coefficient (Wildman–Crippen LogP) is 17.8. The molecular weight excluding hydrogens is 787 g/mol. The van der Waals surface area contributed by atoms with E-state index in [1.165, 1.54) is 71.4 Å². The maximum atomic E-state index is 6.98. The highest BCUT2D eigenvalue weighted by atomic mass is 16.3. The molecule has 12 aromatic rings. The van der Waals surface area contributed by atoms with Gasteiger partial charge in [0, 0.05) is 38.6 Å². The summed E-state index contributed by atoms with van der Waals surface area (Å²) >= 11 is 0. The fourth-order valence-corrected chi connectivity index (χ4v) is 10.8. The third-order valence-electron chi connectivity index (χ3n) is 14.0. The average Bonchev–Trinajstić information content (AvgIpc) is 3.86. The molecule has 0 spiro atoms. The van der Waals surface area contributed by atoms with E-state index >= 15 is 0 Å². The monoisotopic (exact) mass is 829 g/mol. The number of anilines is 3. The van der Waals surface area contributed by atoms with Gasteiger partial charge in [-0.1, -0.05) is 184 Å². The number of nitrogens with zero attached hydrogens (tertiary/aromatic N) is 1. The van der Waals surface area contributed by atoms with Crippen LogP contribution < -0.4 is 4.90 Å². The first-order valence-corrected chi connectivity index (χ1v) is 22.6. The molecule has 0 radical (unpaired) electrons. The van der Waals surface area contributed by atoms with E-state index in [4.69, 9.17) is 4.42 Å². The first-order valence-electron chi connectivity index (χ1n) is 22.6. The van der Waals surface area contributed by atoms with E-state index in [9.17, 15) is 0 Å². The van der Waals surface area contributed by atoms with Gasteiger partial charge in [-0.25, -0.2) is 0 Å². The Bertz CT molecular complexity index is 3840. The lowest BCUT2D eigenvalue weighted by atomic mass is 9.82. The van der Waals surface area contributed by atoms with Crippen molar-refractivity contribution in [2.45, 2.75) is 19.3 Å². The minimum Gasteiger partial charge on any atom is -0.455 e. The molecule has 0 atom stereocenters. The molecule has 11 aromatic carbocycles. The summed E-state index contributed by atoms with van der Waals surface area (Å²) in [5.41, 5.74) is 17.4. The molecule has 0 saturated heterocycles. The van der Waals surface area contributed by atoms with Gasteiger partial charge in [-0.15, -0.1) is 0 Å². The van der Waals surface area contributed by atoms with Crippen molar-refractivity contribution in [3.8, 4) is 44.5 Å². The molecule has 2 nitrogen and oxygen atoms in total. The van der Waals surface area contributed by atoms with Crippen LogP contribution in [-0.4, -0.2) is 0 Å². The Labute approximate surface area is 378 Å². The van der Waals surface area contributed by atoms with Gasteiger partial charge in [-0.05, 0) is 137 Å². The largest absolute Gasteiger partial charge is 0.455 e. The van der Waals surface area contributed by atoms with Crippen molar-refractivity contribution >= 4 is 71.3 Å². The van der Waals surface area contributed by atoms with Crippen molar-refractivity contribution < 1.29 is 4.42 Å². The van der Waals surface area contributed by atoms with Crippen LogP contribution in [0.3, 0.4) is 0 Å². The van der Waals surface area contributed by atoms with Crippen molar-refractivity contribution in [2.24, 2.45) is 0 Å². The number of fused-ring (bicyclic) bond motifs is 12. The van der Waals surface area contributed by atoms with Crippen LogP contribution in [0.25, 0.3) is 98.8 Å². The normalized spacial score (nSPS) is 12.9. The molecule has 0 unspecified atom stereocenters. The SMILES string of the molecule is CC1(C)c2ccccc2-c2ccc(N(c3ccc(-c4ccccc4)cc3)c3ccc(-c4cc5oc6c7ccccc7c7ccccc7c6c5cc4-c4ccc5ccccc5c4)cc3)cc21. The zero-order chi connectivity index (χ0) is 43.2. The molecule has 0 fully saturated rings. The first kappa shape index (κ1) is 37.4. The molecule has 306 valence electrons. The second-order valence-electron chi connectivity index (χ2n) is 18.0. The minimum atomic E-state index is -0.123. The summed E-state index contributed by atoms with van der Waals surface area (Å²) < 4.78 is 6.98. The van der Waals surface area contributed by atoms with Crippen molar-refractivity contribution in [1.29, 1.82) is 0 Å². The van der Waals surface area contributed by atoms with Crippen molar-refractivity contribution in [3.05, 3.63) is 236 Å². The zero-order valence-corrected chi connectivity index (χ0v) is 36.2. The number of rotatable bonds is 6. The van der Waals surface area contributed by atoms with Crippen LogP contribution in [0.1, 0.15) is 25.0 Å². The van der Waals surface area contributed by atoms with Gasteiger partial charge in [-0.2, -0.15) is 0 Å². The number of hydrogen-bond donors (Lipinski definition) is 0. The van der Waals surface area contributed by atoms with Gasteiger partial charge in [0.05, 0.1) is 0 Å². The highest BCUT2D eigenvalue weighted by molar-refractivity contribution is 6.30. The second-order valence-corrected chi connectivity index (χ2v) is 18.0. The fourth-order valence-electron chi connectivity index (χ4n) is 10.8. The average molecular weight is 830 g/mol. The highest BCUT2D eigenvalue weighted by Gasteiger charge is 2.35. The lowest BCUT2D eigenvalue weighted by Crippen LogP contribution is -2.16. The Hall–Kier alpha value is -8.20. The minimum absolute atomic E-state index is 0.123. The highest BCUT2D eigenvalue weighted by Crippen LogP contribution is 2.51. The van der Waals surface area contributed by atoms with Crippen LogP contribution >= 0.6 is 0 Å². The molecule has 13 rings (SSSR count). The van der Waals surface area contributed by atoms with E-state index in [0.29, 0.717) is 0 Å². The smallest absolute Gasteiger partial charge is 0.143 e. The zero-order valence-electron chi connectivity index (χ0n) is 36.2. The number of furan rings is 1. The summed E-state index contributed by atoms with van der Waals surface area (Å²) in [7, 11) is 0. The molecule has 1 aliphatic rings. The molecule has 1 aromatic heterocycles. The molecule has 0 amide bonds. The quantitative estimate of drug-likeness (QED) is 0.155. The lowest BCUT2D eigenvalue weighted by Gasteiger charge is -2.28.